The second-order valence-electron chi connectivity index (χ2n) is 7.28. The van der Waals surface area contributed by atoms with Crippen LogP contribution < -0.4 is 10.6 Å². The first-order chi connectivity index (χ1) is 16.1. The molecule has 0 radical (unpaired) electrons. The van der Waals surface area contributed by atoms with Crippen molar-refractivity contribution in [1.29, 1.82) is 0 Å². The van der Waals surface area contributed by atoms with Gasteiger partial charge in [-0.1, -0.05) is 23.7 Å². The topological polar surface area (TPSA) is 88.4 Å². The number of rotatable bonds is 5. The van der Waals surface area contributed by atoms with Gasteiger partial charge in [0.25, 0.3) is 5.91 Å². The maximum absolute atomic E-state index is 13.4. The summed E-state index contributed by atoms with van der Waals surface area (Å²) in [7, 11) is 1.50. The van der Waals surface area contributed by atoms with Gasteiger partial charge in [0.15, 0.2) is 5.17 Å². The van der Waals surface area contributed by atoms with Crippen molar-refractivity contribution in [1.82, 2.24) is 20.4 Å². The number of carbonyl (C=O) groups excluding carboxylic acids is 2. The fourth-order valence-corrected chi connectivity index (χ4v) is 4.30. The maximum Gasteiger partial charge on any atom is 0.416 e. The predicted octanol–water partition coefficient (Wildman–Crippen LogP) is 4.06. The van der Waals surface area contributed by atoms with Crippen molar-refractivity contribution in [2.75, 3.05) is 13.6 Å². The van der Waals surface area contributed by atoms with Gasteiger partial charge in [-0.25, -0.2) is 0 Å². The lowest BCUT2D eigenvalue weighted by atomic mass is 10.1. The maximum atomic E-state index is 13.4. The number of fused-ring (bicyclic) bond motifs is 1. The molecule has 0 unspecified atom stereocenters. The number of benzene rings is 2. The highest BCUT2D eigenvalue weighted by Crippen LogP contribution is 2.34. The average Bonchev–Trinajstić information content (AvgIpc) is 3.35. The molecule has 176 valence electrons. The third kappa shape index (κ3) is 5.26. The van der Waals surface area contributed by atoms with Crippen molar-refractivity contribution in [3.8, 4) is 0 Å². The molecular weight excluding hydrogens is 491 g/mol. The smallest absolute Gasteiger partial charge is 0.358 e. The summed E-state index contributed by atoms with van der Waals surface area (Å²) in [5.74, 6) is -0.609. The standard InChI is InChI=1S/C22H17ClF3N5O2S/c1-27-19(32)10-28-21-30-20(33)18(34-21)7-12-2-5-17-14(6-12)9-29-31(17)11-13-3-4-15(23)8-16(13)22(24,25)26/h2-9H,10-11H2,1H3,(H,27,32)(H,28,30,33)/b18-7-. The molecule has 1 aromatic heterocycles. The van der Waals surface area contributed by atoms with Crippen LogP contribution in [0, 0.1) is 0 Å². The van der Waals surface area contributed by atoms with Crippen molar-refractivity contribution in [3.05, 3.63) is 69.2 Å². The molecule has 0 atom stereocenters. The Bertz CT molecular complexity index is 1350. The summed E-state index contributed by atoms with van der Waals surface area (Å²) < 4.78 is 41.8. The minimum absolute atomic E-state index is 0.00901. The van der Waals surface area contributed by atoms with Gasteiger partial charge in [-0.15, -0.1) is 0 Å². The van der Waals surface area contributed by atoms with E-state index in [9.17, 15) is 22.8 Å². The van der Waals surface area contributed by atoms with Gasteiger partial charge in [0.05, 0.1) is 28.7 Å². The number of thioether (sulfide) groups is 1. The minimum atomic E-state index is -4.54. The molecule has 0 aliphatic carbocycles. The number of nitrogens with one attached hydrogen (secondary N) is 2. The van der Waals surface area contributed by atoms with E-state index < -0.39 is 11.7 Å². The lowest BCUT2D eigenvalue weighted by molar-refractivity contribution is -0.138. The van der Waals surface area contributed by atoms with Crippen LogP contribution in [0.25, 0.3) is 17.0 Å². The Morgan fingerprint density at radius 3 is 2.82 bits per heavy atom. The lowest BCUT2D eigenvalue weighted by Gasteiger charge is -2.14. The molecule has 0 saturated carbocycles. The molecule has 2 N–H and O–H groups in total. The molecule has 2 heterocycles. The Hall–Kier alpha value is -3.31. The zero-order valence-electron chi connectivity index (χ0n) is 17.6. The van der Waals surface area contributed by atoms with E-state index in [1.54, 1.807) is 30.5 Å². The quantitative estimate of drug-likeness (QED) is 0.510. The Morgan fingerprint density at radius 1 is 1.29 bits per heavy atom. The van der Waals surface area contributed by atoms with E-state index >= 15 is 0 Å². The molecule has 4 rings (SSSR count). The number of amides is 2. The molecule has 1 aliphatic rings. The van der Waals surface area contributed by atoms with Crippen LogP contribution >= 0.6 is 23.4 Å². The Kier molecular flexibility index (Phi) is 6.67. The van der Waals surface area contributed by atoms with Crippen LogP contribution in [0.15, 0.2) is 52.5 Å². The summed E-state index contributed by atoms with van der Waals surface area (Å²) in [5.41, 5.74) is 0.597. The first-order valence-corrected chi connectivity index (χ1v) is 11.1. The van der Waals surface area contributed by atoms with Crippen LogP contribution in [-0.2, 0) is 22.3 Å². The van der Waals surface area contributed by atoms with Gasteiger partial charge in [0.2, 0.25) is 5.91 Å². The van der Waals surface area contributed by atoms with Crippen LogP contribution in [0.5, 0.6) is 0 Å². The first kappa shape index (κ1) is 23.8. The van der Waals surface area contributed by atoms with Gasteiger partial charge in [-0.05, 0) is 53.2 Å². The van der Waals surface area contributed by atoms with Crippen LogP contribution in [-0.4, -0.2) is 40.4 Å². The van der Waals surface area contributed by atoms with Crippen LogP contribution in [0.3, 0.4) is 0 Å². The number of aliphatic imine (C=N–C) groups is 1. The molecule has 2 aromatic carbocycles. The summed E-state index contributed by atoms with van der Waals surface area (Å²) in [6.45, 7) is -0.180. The van der Waals surface area contributed by atoms with Crippen molar-refractivity contribution in [2.24, 2.45) is 4.99 Å². The normalized spacial score (nSPS) is 16.4. The van der Waals surface area contributed by atoms with Crippen LogP contribution in [0.1, 0.15) is 16.7 Å². The lowest BCUT2D eigenvalue weighted by Crippen LogP contribution is -2.24. The molecule has 0 spiro atoms. The number of hydrogen-bond acceptors (Lipinski definition) is 5. The van der Waals surface area contributed by atoms with Crippen LogP contribution in [0.4, 0.5) is 13.2 Å². The second kappa shape index (κ2) is 9.51. The first-order valence-electron chi connectivity index (χ1n) is 9.91. The Morgan fingerprint density at radius 2 is 2.09 bits per heavy atom. The summed E-state index contributed by atoms with van der Waals surface area (Å²) in [6, 6.07) is 8.92. The van der Waals surface area contributed by atoms with Gasteiger partial charge < -0.3 is 10.6 Å². The Balaban J connectivity index is 1.57. The van der Waals surface area contributed by atoms with Crippen LogP contribution in [0.2, 0.25) is 5.02 Å². The third-order valence-electron chi connectivity index (χ3n) is 4.96. The number of halogens is 4. The van der Waals surface area contributed by atoms with Gasteiger partial charge in [-0.3, -0.25) is 19.3 Å². The van der Waals surface area contributed by atoms with Crippen molar-refractivity contribution < 1.29 is 22.8 Å². The number of carbonyl (C=O) groups is 2. The average molecular weight is 508 g/mol. The molecule has 3 aromatic rings. The SMILES string of the molecule is CNC(=O)CN=C1NC(=O)/C(=C/c2ccc3c(cnn3Cc3ccc(Cl)cc3C(F)(F)F)c2)S1. The monoisotopic (exact) mass is 507 g/mol. The molecule has 12 heteroatoms. The largest absolute Gasteiger partial charge is 0.416 e. The third-order valence-corrected chi connectivity index (χ3v) is 6.14. The molecular formula is C22H17ClF3N5O2S. The fraction of sp³-hybridized carbons (Fsp3) is 0.182. The van der Waals surface area contributed by atoms with E-state index in [4.69, 9.17) is 11.6 Å². The Labute approximate surface area is 201 Å². The number of alkyl halides is 3. The van der Waals surface area contributed by atoms with Gasteiger partial charge in [0.1, 0.15) is 6.54 Å². The van der Waals surface area contributed by atoms with Crippen molar-refractivity contribution >= 4 is 57.3 Å². The van der Waals surface area contributed by atoms with E-state index in [-0.39, 0.29) is 35.5 Å². The number of hydrogen-bond donors (Lipinski definition) is 2. The number of amidine groups is 1. The summed E-state index contributed by atoms with van der Waals surface area (Å²) in [5, 5.41) is 10.3. The summed E-state index contributed by atoms with van der Waals surface area (Å²) in [6.07, 6.45) is -1.32. The zero-order valence-corrected chi connectivity index (χ0v) is 19.2. The fourth-order valence-electron chi connectivity index (χ4n) is 3.31. The van der Waals surface area contributed by atoms with E-state index in [0.717, 1.165) is 17.8 Å². The van der Waals surface area contributed by atoms with Gasteiger partial charge in [-0.2, -0.15) is 18.3 Å². The molecule has 0 bridgehead atoms. The highest BCUT2D eigenvalue weighted by Gasteiger charge is 2.33. The molecule has 1 saturated heterocycles. The molecule has 2 amide bonds. The molecule has 34 heavy (non-hydrogen) atoms. The zero-order chi connectivity index (χ0) is 24.5. The predicted molar refractivity (Wildman–Crippen MR) is 125 cm³/mol. The van der Waals surface area contributed by atoms with E-state index in [1.165, 1.54) is 23.9 Å². The van der Waals surface area contributed by atoms with Crippen molar-refractivity contribution in [2.45, 2.75) is 12.7 Å². The van der Waals surface area contributed by atoms with Gasteiger partial charge in [0, 0.05) is 17.5 Å². The number of likely N-dealkylation sites (N-methyl/N-ethyl adjacent to an activating group) is 1. The van der Waals surface area contributed by atoms with E-state index in [2.05, 4.69) is 20.7 Å². The molecule has 7 nitrogen and oxygen atoms in total. The number of nitrogens with zero attached hydrogens (tertiary/aromatic N) is 3. The van der Waals surface area contributed by atoms with E-state index in [1.807, 2.05) is 0 Å². The molecule has 1 fully saturated rings. The second-order valence-corrected chi connectivity index (χ2v) is 8.75. The van der Waals surface area contributed by atoms with Gasteiger partial charge >= 0.3 is 6.18 Å². The minimum Gasteiger partial charge on any atom is -0.358 e. The molecule has 1 aliphatic heterocycles. The highest BCUT2D eigenvalue weighted by atomic mass is 35.5. The highest BCUT2D eigenvalue weighted by molar-refractivity contribution is 8.18. The summed E-state index contributed by atoms with van der Waals surface area (Å²) in [4.78, 5) is 28.0. The van der Waals surface area contributed by atoms with Crippen molar-refractivity contribution in [3.63, 3.8) is 0 Å². The van der Waals surface area contributed by atoms with E-state index in [0.29, 0.717) is 26.5 Å². The number of aromatic nitrogens is 2. The summed E-state index contributed by atoms with van der Waals surface area (Å²) >= 11 is 6.88.